The molecule has 0 atom stereocenters. The zero-order chi connectivity index (χ0) is 0. The first kappa shape index (κ1) is 23.2. The zero-order valence-electron chi connectivity index (χ0n) is 8.12. The molecule has 0 amide bonds. The first-order valence-corrected chi connectivity index (χ1v) is 0. The van der Waals surface area contributed by atoms with Crippen molar-refractivity contribution < 1.29 is 8.56 Å². The molecule has 0 aliphatic rings. The second kappa shape index (κ2) is 15.7. The third kappa shape index (κ3) is 9.96. The molecule has 0 aromatic carbocycles. The molecule has 4 heavy (non-hydrogen) atoms. The standard InChI is InChI=1S/Al.Ba.Ca.Sr.9H/q;3*+2;;;;6*-1. The molecule has 4 heteroatoms. The van der Waals surface area contributed by atoms with E-state index in [2.05, 4.69) is 0 Å². The van der Waals surface area contributed by atoms with Gasteiger partial charge in [-0.2, -0.15) is 0 Å². The van der Waals surface area contributed by atoms with E-state index < -0.39 is 0 Å². The minimum absolute atomic E-state index is 0. The van der Waals surface area contributed by atoms with Gasteiger partial charge in [-0.1, -0.05) is 0 Å². The third-order valence-electron chi connectivity index (χ3n) is 0. The van der Waals surface area contributed by atoms with E-state index in [0.717, 1.165) is 0 Å². The van der Waals surface area contributed by atoms with Gasteiger partial charge in [-0.3, -0.25) is 0 Å². The summed E-state index contributed by atoms with van der Waals surface area (Å²) in [4.78, 5) is 0. The fraction of sp³-hybridized carbons (Fsp3) is 0. The smallest absolute Gasteiger partial charge is 1.00 e. The molecule has 0 spiro atoms. The minimum Gasteiger partial charge on any atom is -1.00 e. The monoisotopic (exact) mass is 302 g/mol. The number of rotatable bonds is 0. The second-order valence-electron chi connectivity index (χ2n) is 0. The Kier molecular flexibility index (Phi) is 90.8. The van der Waals surface area contributed by atoms with E-state index in [1.807, 2.05) is 0 Å². The van der Waals surface area contributed by atoms with Gasteiger partial charge in [-0.25, -0.2) is 0 Å². The maximum absolute atomic E-state index is 0. The van der Waals surface area contributed by atoms with E-state index in [4.69, 9.17) is 0 Å². The Morgan fingerprint density at radius 2 is 1.25 bits per heavy atom. The molecule has 0 rings (SSSR count). The molecule has 0 fully saturated rings. The fourth-order valence-electron chi connectivity index (χ4n) is 0. The van der Waals surface area contributed by atoms with Crippen LogP contribution < -0.4 is 0 Å². The largest absolute Gasteiger partial charge is 2.00 e. The summed E-state index contributed by atoms with van der Waals surface area (Å²) < 4.78 is 0. The summed E-state index contributed by atoms with van der Waals surface area (Å²) in [5.74, 6) is 0. The van der Waals surface area contributed by atoms with Crippen molar-refractivity contribution in [2.45, 2.75) is 0 Å². The molecule has 0 aliphatic heterocycles. The quantitative estimate of drug-likeness (QED) is 0.470. The predicted molar refractivity (Wildman–Crippen MR) is 33.9 cm³/mol. The van der Waals surface area contributed by atoms with Crippen molar-refractivity contribution in [1.29, 1.82) is 0 Å². The summed E-state index contributed by atoms with van der Waals surface area (Å²) >= 11 is 0. The van der Waals surface area contributed by atoms with Gasteiger partial charge in [0.25, 0.3) is 0 Å². The molecule has 0 nitrogen and oxygen atoms in total. The van der Waals surface area contributed by atoms with Gasteiger partial charge in [0.1, 0.15) is 0 Å². The van der Waals surface area contributed by atoms with E-state index in [-0.39, 0.29) is 158 Å². The van der Waals surface area contributed by atoms with Gasteiger partial charge < -0.3 is 8.56 Å². The van der Waals surface area contributed by atoms with Crippen molar-refractivity contribution in [1.82, 2.24) is 0 Å². The van der Waals surface area contributed by atoms with Crippen LogP contribution in [0.5, 0.6) is 0 Å². The molecule has 0 aromatic heterocycles. The Hall–Kier alpha value is 4.84. The van der Waals surface area contributed by atoms with Crippen molar-refractivity contribution in [3.8, 4) is 0 Å². The first-order valence-electron chi connectivity index (χ1n) is 0. The zero-order valence-corrected chi connectivity index (χ0v) is 12.2. The summed E-state index contributed by atoms with van der Waals surface area (Å²) in [6, 6.07) is 0. The summed E-state index contributed by atoms with van der Waals surface area (Å²) in [7, 11) is 0. The Morgan fingerprint density at radius 3 is 1.25 bits per heavy atom. The van der Waals surface area contributed by atoms with Crippen molar-refractivity contribution in [2.75, 3.05) is 0 Å². The van der Waals surface area contributed by atoms with Gasteiger partial charge in [0, 0.05) is 0 Å². The first-order chi connectivity index (χ1) is 0. The van der Waals surface area contributed by atoms with E-state index in [9.17, 15) is 0 Å². The molecule has 0 radical (unpaired) electrons. The fourth-order valence-corrected chi connectivity index (χ4v) is 0. The van der Waals surface area contributed by atoms with Crippen LogP contribution in [0.3, 0.4) is 0 Å². The Morgan fingerprint density at radius 1 is 1.25 bits per heavy atom. The Labute approximate surface area is 153 Å². The Bertz CT molecular complexity index is 17.7. The molecule has 0 aromatic rings. The van der Waals surface area contributed by atoms with Gasteiger partial charge in [-0.05, 0) is 0 Å². The maximum atomic E-state index is 0. The summed E-state index contributed by atoms with van der Waals surface area (Å²) in [5.41, 5.74) is 0. The van der Waals surface area contributed by atoms with Crippen molar-refractivity contribution in [3.05, 3.63) is 0 Å². The van der Waals surface area contributed by atoms with Crippen LogP contribution in [0.1, 0.15) is 8.56 Å². The van der Waals surface area contributed by atoms with E-state index >= 15 is 0 Å². The normalized spacial score (nSPS) is 0. The van der Waals surface area contributed by atoms with Crippen LogP contribution in [0.25, 0.3) is 0 Å². The van der Waals surface area contributed by atoms with Crippen LogP contribution in [0.2, 0.25) is 0 Å². The van der Waals surface area contributed by atoms with Crippen molar-refractivity contribution in [2.24, 2.45) is 0 Å². The summed E-state index contributed by atoms with van der Waals surface area (Å²) in [6.07, 6.45) is 0. The van der Waals surface area contributed by atoms with E-state index in [0.29, 0.717) is 0 Å². The topological polar surface area (TPSA) is 0 Å². The van der Waals surface area contributed by atoms with Crippen LogP contribution in [-0.2, 0) is 0 Å². The van der Waals surface area contributed by atoms with Gasteiger partial charge in [0.05, 0.1) is 0 Å². The Balaban J connectivity index is 0. The minimum atomic E-state index is 0. The van der Waals surface area contributed by atoms with Gasteiger partial charge in [0.15, 0.2) is 17.4 Å². The molecular weight excluding hydrogens is 292 g/mol. The van der Waals surface area contributed by atoms with Crippen LogP contribution >= 0.6 is 0 Å². The molecule has 0 N–H and O–H groups in total. The van der Waals surface area contributed by atoms with Crippen molar-refractivity contribution >= 4 is 149 Å². The maximum Gasteiger partial charge on any atom is 2.00 e. The predicted octanol–water partition coefficient (Wildman–Crippen LogP) is -1.65. The molecular formula is H9AlBaCaSr. The average Bonchev–Trinajstić information content (AvgIpc) is 0. The van der Waals surface area contributed by atoms with Crippen LogP contribution in [0.15, 0.2) is 0 Å². The van der Waals surface area contributed by atoms with E-state index in [1.54, 1.807) is 0 Å². The second-order valence-corrected chi connectivity index (χ2v) is 0. The summed E-state index contributed by atoms with van der Waals surface area (Å²) in [6.45, 7) is 0. The molecule has 0 bridgehead atoms. The van der Waals surface area contributed by atoms with Gasteiger partial charge in [-0.15, -0.1) is 0 Å². The van der Waals surface area contributed by atoms with Crippen molar-refractivity contribution in [3.63, 3.8) is 0 Å². The molecule has 0 saturated carbocycles. The average molecular weight is 301 g/mol. The van der Waals surface area contributed by atoms with Crippen LogP contribution in [0.4, 0.5) is 0 Å². The van der Waals surface area contributed by atoms with E-state index in [1.165, 1.54) is 0 Å². The van der Waals surface area contributed by atoms with Gasteiger partial charge >= 0.3 is 132 Å². The van der Waals surface area contributed by atoms with Gasteiger partial charge in [0.2, 0.25) is 0 Å². The molecule has 0 aliphatic carbocycles. The molecule has 18 valence electrons. The molecule has 0 heterocycles. The number of hydrogen-bond donors (Lipinski definition) is 0. The molecule has 0 saturated heterocycles. The SMILES string of the molecule is [AlH3].[Ba+2].[Ca+2].[H-].[H-].[H-].[H-].[H-].[H-].[Sr+2]. The van der Waals surface area contributed by atoms with Crippen LogP contribution in [0, 0.1) is 0 Å². The summed E-state index contributed by atoms with van der Waals surface area (Å²) in [5, 5.41) is 0. The molecule has 0 unspecified atom stereocenters. The number of hydrogen-bond acceptors (Lipinski definition) is 0. The third-order valence-corrected chi connectivity index (χ3v) is 0. The van der Waals surface area contributed by atoms with Crippen LogP contribution in [-0.4, -0.2) is 149 Å².